The van der Waals surface area contributed by atoms with E-state index in [0.717, 1.165) is 0 Å². The number of nitriles is 1. The number of nitrogen functional groups attached to an aromatic ring is 1. The molecule has 1 aromatic heterocycles. The van der Waals surface area contributed by atoms with Crippen molar-refractivity contribution in [3.8, 4) is 6.07 Å². The van der Waals surface area contributed by atoms with Crippen molar-refractivity contribution in [1.82, 2.24) is 0 Å². The van der Waals surface area contributed by atoms with Crippen molar-refractivity contribution in [3.05, 3.63) is 16.9 Å². The van der Waals surface area contributed by atoms with Crippen molar-refractivity contribution in [2.24, 2.45) is 0 Å². The van der Waals surface area contributed by atoms with Crippen molar-refractivity contribution in [2.45, 2.75) is 33.3 Å². The molecule has 5 heteroatoms. The molecule has 0 atom stereocenters. The van der Waals surface area contributed by atoms with Gasteiger partial charge in [0.15, 0.2) is 0 Å². The molecule has 1 rings (SSSR count). The minimum atomic E-state index is -0.623. The third-order valence-electron chi connectivity index (χ3n) is 1.83. The van der Waals surface area contributed by atoms with Gasteiger partial charge in [0.25, 0.3) is 0 Å². The highest BCUT2D eigenvalue weighted by atomic mass is 16.6. The van der Waals surface area contributed by atoms with Crippen LogP contribution >= 0.6 is 0 Å². The molecule has 0 amide bonds. The summed E-state index contributed by atoms with van der Waals surface area (Å²) in [6.07, 6.45) is 0. The quantitative estimate of drug-likeness (QED) is 0.734. The number of nitrogens with two attached hydrogens (primary N) is 1. The Morgan fingerprint density at radius 3 is 2.50 bits per heavy atom. The van der Waals surface area contributed by atoms with Crippen LogP contribution in [0.1, 0.15) is 42.5 Å². The molecular weight excluding hydrogens is 208 g/mol. The van der Waals surface area contributed by atoms with Gasteiger partial charge in [-0.1, -0.05) is 0 Å². The molecule has 1 aromatic rings. The van der Waals surface area contributed by atoms with Crippen molar-refractivity contribution in [1.29, 1.82) is 5.26 Å². The van der Waals surface area contributed by atoms with Crippen LogP contribution in [0.5, 0.6) is 0 Å². The molecule has 0 aromatic carbocycles. The fourth-order valence-electron chi connectivity index (χ4n) is 1.25. The summed E-state index contributed by atoms with van der Waals surface area (Å²) in [5.74, 6) is -0.355. The van der Waals surface area contributed by atoms with Gasteiger partial charge in [-0.25, -0.2) is 4.79 Å². The lowest BCUT2D eigenvalue weighted by Gasteiger charge is -2.19. The predicted molar refractivity (Wildman–Crippen MR) is 57.7 cm³/mol. The first-order valence-electron chi connectivity index (χ1n) is 4.78. The van der Waals surface area contributed by atoms with E-state index in [0.29, 0.717) is 5.76 Å². The largest absolute Gasteiger partial charge is 0.456 e. The molecule has 0 saturated carbocycles. The van der Waals surface area contributed by atoms with Crippen molar-refractivity contribution in [2.75, 3.05) is 5.73 Å². The highest BCUT2D eigenvalue weighted by molar-refractivity contribution is 5.95. The number of anilines is 1. The summed E-state index contributed by atoms with van der Waals surface area (Å²) >= 11 is 0. The number of carbonyl (C=O) groups is 1. The molecule has 0 unspecified atom stereocenters. The van der Waals surface area contributed by atoms with Gasteiger partial charge in [0.2, 0.25) is 5.88 Å². The summed E-state index contributed by atoms with van der Waals surface area (Å²) in [5, 5.41) is 8.86. The van der Waals surface area contributed by atoms with E-state index in [1.807, 2.05) is 6.07 Å². The number of furan rings is 1. The molecule has 0 saturated heterocycles. The monoisotopic (exact) mass is 222 g/mol. The number of carbonyl (C=O) groups excluding carboxylic acids is 1. The Hall–Kier alpha value is -1.96. The molecule has 1 heterocycles. The summed E-state index contributed by atoms with van der Waals surface area (Å²) in [6.45, 7) is 6.80. The second-order valence-electron chi connectivity index (χ2n) is 4.39. The molecule has 0 aliphatic carbocycles. The number of ether oxygens (including phenoxy) is 1. The number of esters is 1. The summed E-state index contributed by atoms with van der Waals surface area (Å²) in [7, 11) is 0. The topological polar surface area (TPSA) is 89.2 Å². The Balaban J connectivity index is 3.15. The molecule has 0 aliphatic heterocycles. The number of rotatable bonds is 1. The van der Waals surface area contributed by atoms with Crippen LogP contribution in [0.15, 0.2) is 4.42 Å². The molecular formula is C11H14N2O3. The van der Waals surface area contributed by atoms with Gasteiger partial charge in [-0.2, -0.15) is 5.26 Å². The van der Waals surface area contributed by atoms with Crippen LogP contribution in [0.2, 0.25) is 0 Å². The Kier molecular flexibility index (Phi) is 2.95. The van der Waals surface area contributed by atoms with E-state index in [-0.39, 0.29) is 17.0 Å². The average molecular weight is 222 g/mol. The maximum absolute atomic E-state index is 11.8. The van der Waals surface area contributed by atoms with Crippen LogP contribution in [-0.4, -0.2) is 11.6 Å². The summed E-state index contributed by atoms with van der Waals surface area (Å²) in [4.78, 5) is 11.8. The predicted octanol–water partition coefficient (Wildman–Crippen LogP) is 2.00. The minimum Gasteiger partial charge on any atom is -0.456 e. The third-order valence-corrected chi connectivity index (χ3v) is 1.83. The molecule has 0 radical (unpaired) electrons. The molecule has 0 aliphatic rings. The van der Waals surface area contributed by atoms with E-state index < -0.39 is 11.6 Å². The average Bonchev–Trinajstić information content (AvgIpc) is 2.37. The maximum Gasteiger partial charge on any atom is 0.343 e. The standard InChI is InChI=1S/C11H14N2O3/c1-6-8(7(5-12)9(13)15-6)10(14)16-11(2,3)4/h13H2,1-4H3. The van der Waals surface area contributed by atoms with Crippen molar-refractivity contribution in [3.63, 3.8) is 0 Å². The van der Waals surface area contributed by atoms with Gasteiger partial charge in [0, 0.05) is 0 Å². The zero-order valence-electron chi connectivity index (χ0n) is 9.75. The van der Waals surface area contributed by atoms with Crippen LogP contribution < -0.4 is 5.73 Å². The Morgan fingerprint density at radius 1 is 1.50 bits per heavy atom. The van der Waals surface area contributed by atoms with Crippen molar-refractivity contribution >= 4 is 11.9 Å². The Bertz CT molecular complexity index is 461. The van der Waals surface area contributed by atoms with Gasteiger partial charge < -0.3 is 14.9 Å². The molecule has 2 N–H and O–H groups in total. The van der Waals surface area contributed by atoms with E-state index >= 15 is 0 Å². The second kappa shape index (κ2) is 3.89. The van der Waals surface area contributed by atoms with E-state index in [4.69, 9.17) is 20.1 Å². The van der Waals surface area contributed by atoms with Crippen LogP contribution in [-0.2, 0) is 4.74 Å². The lowest BCUT2D eigenvalue weighted by molar-refractivity contribution is 0.00675. The summed E-state index contributed by atoms with van der Waals surface area (Å²) in [6, 6.07) is 1.83. The lowest BCUT2D eigenvalue weighted by Crippen LogP contribution is -2.24. The Labute approximate surface area is 93.8 Å². The molecule has 5 nitrogen and oxygen atoms in total. The van der Waals surface area contributed by atoms with Crippen LogP contribution in [0.25, 0.3) is 0 Å². The fourth-order valence-corrected chi connectivity index (χ4v) is 1.25. The third kappa shape index (κ3) is 2.34. The summed E-state index contributed by atoms with van der Waals surface area (Å²) in [5.41, 5.74) is 4.98. The fraction of sp³-hybridized carbons (Fsp3) is 0.455. The smallest absolute Gasteiger partial charge is 0.343 e. The number of aryl methyl sites for hydroxylation is 1. The Morgan fingerprint density at radius 2 is 2.06 bits per heavy atom. The normalized spacial score (nSPS) is 10.9. The number of nitrogens with zero attached hydrogens (tertiary/aromatic N) is 1. The zero-order chi connectivity index (χ0) is 12.5. The molecule has 16 heavy (non-hydrogen) atoms. The van der Waals surface area contributed by atoms with Crippen molar-refractivity contribution < 1.29 is 13.9 Å². The van der Waals surface area contributed by atoms with E-state index in [1.165, 1.54) is 0 Å². The lowest BCUT2D eigenvalue weighted by atomic mass is 10.1. The molecule has 0 fully saturated rings. The number of hydrogen-bond donors (Lipinski definition) is 1. The van der Waals surface area contributed by atoms with Gasteiger partial charge in [0.1, 0.15) is 28.6 Å². The van der Waals surface area contributed by atoms with Crippen LogP contribution in [0.4, 0.5) is 5.88 Å². The van der Waals surface area contributed by atoms with Gasteiger partial charge >= 0.3 is 5.97 Å². The molecule has 86 valence electrons. The molecule has 0 bridgehead atoms. The van der Waals surface area contributed by atoms with Gasteiger partial charge in [-0.05, 0) is 27.7 Å². The van der Waals surface area contributed by atoms with E-state index in [9.17, 15) is 4.79 Å². The first kappa shape index (κ1) is 12.1. The summed E-state index contributed by atoms with van der Waals surface area (Å²) < 4.78 is 10.2. The number of hydrogen-bond acceptors (Lipinski definition) is 5. The SMILES string of the molecule is Cc1oc(N)c(C#N)c1C(=O)OC(C)(C)C. The molecule has 0 spiro atoms. The first-order chi connectivity index (χ1) is 7.26. The van der Waals surface area contributed by atoms with E-state index in [2.05, 4.69) is 0 Å². The van der Waals surface area contributed by atoms with E-state index in [1.54, 1.807) is 27.7 Å². The van der Waals surface area contributed by atoms with Crippen LogP contribution in [0, 0.1) is 18.3 Å². The maximum atomic E-state index is 11.8. The minimum absolute atomic E-state index is 0.0340. The second-order valence-corrected chi connectivity index (χ2v) is 4.39. The highest BCUT2D eigenvalue weighted by Crippen LogP contribution is 2.25. The van der Waals surface area contributed by atoms with Gasteiger partial charge in [-0.15, -0.1) is 0 Å². The van der Waals surface area contributed by atoms with Gasteiger partial charge in [0.05, 0.1) is 0 Å². The highest BCUT2D eigenvalue weighted by Gasteiger charge is 2.26. The zero-order valence-corrected chi connectivity index (χ0v) is 9.75. The van der Waals surface area contributed by atoms with Crippen LogP contribution in [0.3, 0.4) is 0 Å². The first-order valence-corrected chi connectivity index (χ1v) is 4.78. The van der Waals surface area contributed by atoms with Gasteiger partial charge in [-0.3, -0.25) is 0 Å².